The Morgan fingerprint density at radius 2 is 1.82 bits per heavy atom. The van der Waals surface area contributed by atoms with E-state index < -0.39 is 0 Å². The fraction of sp³-hybridized carbons (Fsp3) is 0.179. The van der Waals surface area contributed by atoms with Gasteiger partial charge in [0.15, 0.2) is 0 Å². The second-order valence-electron chi connectivity index (χ2n) is 7.92. The van der Waals surface area contributed by atoms with Crippen molar-refractivity contribution >= 4 is 11.1 Å². The Kier molecular flexibility index (Phi) is 7.92. The van der Waals surface area contributed by atoms with Gasteiger partial charge in [0.25, 0.3) is 0 Å². The molecule has 3 aromatic rings. The Labute approximate surface area is 196 Å². The molecule has 3 aromatic heterocycles. The van der Waals surface area contributed by atoms with E-state index in [-0.39, 0.29) is 0 Å². The molecule has 0 atom stereocenters. The van der Waals surface area contributed by atoms with Crippen LogP contribution in [-0.2, 0) is 6.42 Å². The summed E-state index contributed by atoms with van der Waals surface area (Å²) in [7, 11) is 1.90. The lowest BCUT2D eigenvalue weighted by Gasteiger charge is -2.09. The van der Waals surface area contributed by atoms with Crippen molar-refractivity contribution in [2.24, 2.45) is 0 Å². The van der Waals surface area contributed by atoms with Crippen LogP contribution in [0.3, 0.4) is 0 Å². The fourth-order valence-corrected chi connectivity index (χ4v) is 3.58. The van der Waals surface area contributed by atoms with Crippen LogP contribution in [0.2, 0.25) is 0 Å². The summed E-state index contributed by atoms with van der Waals surface area (Å²) in [4.78, 5) is 16.7. The molecule has 5 nitrogen and oxygen atoms in total. The standard InChI is InChI=1S/C28H31N5/c1-7-8-25(23-11-13-30-14-12-23)28-22(5)32-27(33-28)16-21(4)26(29-6)10-9-20(3)24-15-19(2)17-31-18-24/h7-15,17-18,29H,1,4,16H2,2-3,5-6H3,(H,32,33)/b20-9+,25-8-,26-10+. The minimum Gasteiger partial charge on any atom is -0.388 e. The highest BCUT2D eigenvalue weighted by atomic mass is 14.9. The van der Waals surface area contributed by atoms with Gasteiger partial charge in [-0.2, -0.15) is 0 Å². The molecule has 0 amide bonds. The number of aromatic amines is 1. The second-order valence-corrected chi connectivity index (χ2v) is 7.92. The number of allylic oxidation sites excluding steroid dienone is 6. The number of likely N-dealkylation sites (N-methyl/N-ethyl adjacent to an activating group) is 1. The Hall–Kier alpha value is -3.99. The van der Waals surface area contributed by atoms with Gasteiger partial charge < -0.3 is 10.3 Å². The van der Waals surface area contributed by atoms with Crippen molar-refractivity contribution in [3.8, 4) is 0 Å². The lowest BCUT2D eigenvalue weighted by molar-refractivity contribution is 0.933. The largest absolute Gasteiger partial charge is 0.388 e. The van der Waals surface area contributed by atoms with Crippen LogP contribution in [0.25, 0.3) is 11.1 Å². The van der Waals surface area contributed by atoms with Gasteiger partial charge in [0, 0.05) is 55.2 Å². The first-order chi connectivity index (χ1) is 15.9. The number of aromatic nitrogens is 4. The summed E-state index contributed by atoms with van der Waals surface area (Å²) in [5.74, 6) is 0.862. The van der Waals surface area contributed by atoms with Crippen molar-refractivity contribution in [1.82, 2.24) is 25.3 Å². The summed E-state index contributed by atoms with van der Waals surface area (Å²) in [6, 6.07) is 6.08. The molecule has 0 saturated carbocycles. The van der Waals surface area contributed by atoms with Gasteiger partial charge in [-0.05, 0) is 72.9 Å². The van der Waals surface area contributed by atoms with Crippen molar-refractivity contribution in [2.75, 3.05) is 7.05 Å². The summed E-state index contributed by atoms with van der Waals surface area (Å²) < 4.78 is 0. The van der Waals surface area contributed by atoms with E-state index in [1.54, 1.807) is 18.5 Å². The Bertz CT molecular complexity index is 1230. The predicted octanol–water partition coefficient (Wildman–Crippen LogP) is 5.74. The third-order valence-electron chi connectivity index (χ3n) is 5.33. The molecule has 0 aliphatic carbocycles. The molecule has 3 rings (SSSR count). The van der Waals surface area contributed by atoms with E-state index >= 15 is 0 Å². The van der Waals surface area contributed by atoms with E-state index in [2.05, 4.69) is 58.6 Å². The van der Waals surface area contributed by atoms with Gasteiger partial charge in [-0.25, -0.2) is 4.98 Å². The molecule has 3 heterocycles. The van der Waals surface area contributed by atoms with Crippen LogP contribution >= 0.6 is 0 Å². The van der Waals surface area contributed by atoms with Crippen LogP contribution in [0.15, 0.2) is 91.7 Å². The van der Waals surface area contributed by atoms with Crippen molar-refractivity contribution in [3.05, 3.63) is 126 Å². The van der Waals surface area contributed by atoms with Crippen molar-refractivity contribution in [2.45, 2.75) is 27.2 Å². The molecule has 0 fully saturated rings. The molecule has 0 unspecified atom stereocenters. The third-order valence-corrected chi connectivity index (χ3v) is 5.33. The summed E-state index contributed by atoms with van der Waals surface area (Å²) in [5.41, 5.74) is 9.25. The average Bonchev–Trinajstić information content (AvgIpc) is 3.17. The normalized spacial score (nSPS) is 12.5. The zero-order valence-electron chi connectivity index (χ0n) is 19.8. The molecule has 0 aromatic carbocycles. The summed E-state index contributed by atoms with van der Waals surface area (Å²) in [5, 5.41) is 3.26. The number of H-pyrrole nitrogens is 1. The first-order valence-electron chi connectivity index (χ1n) is 10.9. The number of nitrogens with zero attached hydrogens (tertiary/aromatic N) is 3. The Morgan fingerprint density at radius 1 is 1.06 bits per heavy atom. The highest BCUT2D eigenvalue weighted by molar-refractivity contribution is 5.79. The lowest BCUT2D eigenvalue weighted by Crippen LogP contribution is -2.10. The maximum absolute atomic E-state index is 4.88. The van der Waals surface area contributed by atoms with E-state index in [9.17, 15) is 0 Å². The number of aryl methyl sites for hydroxylation is 2. The van der Waals surface area contributed by atoms with Crippen LogP contribution in [0.1, 0.15) is 40.8 Å². The number of rotatable bonds is 9. The summed E-state index contributed by atoms with van der Waals surface area (Å²) in [6.45, 7) is 14.3. The van der Waals surface area contributed by atoms with E-state index in [0.717, 1.165) is 56.3 Å². The number of imidazole rings is 1. The molecule has 0 spiro atoms. The van der Waals surface area contributed by atoms with Gasteiger partial charge in [-0.3, -0.25) is 9.97 Å². The molecule has 33 heavy (non-hydrogen) atoms. The first kappa shape index (κ1) is 23.7. The van der Waals surface area contributed by atoms with E-state index in [1.807, 2.05) is 51.5 Å². The SMILES string of the molecule is C=C/C=C(/c1ccncc1)c1nc(CC(=C)/C(=C\C=C(/C)c2cncc(C)c2)NC)[nH]c1C. The Balaban J connectivity index is 1.82. The number of nitrogens with one attached hydrogen (secondary N) is 2. The number of hydrogen-bond acceptors (Lipinski definition) is 4. The topological polar surface area (TPSA) is 66.5 Å². The summed E-state index contributed by atoms with van der Waals surface area (Å²) >= 11 is 0. The molecule has 0 aliphatic heterocycles. The van der Waals surface area contributed by atoms with Crippen molar-refractivity contribution in [3.63, 3.8) is 0 Å². The van der Waals surface area contributed by atoms with Gasteiger partial charge in [0.05, 0.1) is 5.69 Å². The van der Waals surface area contributed by atoms with Gasteiger partial charge >= 0.3 is 0 Å². The van der Waals surface area contributed by atoms with Crippen molar-refractivity contribution < 1.29 is 0 Å². The molecular formula is C28H31N5. The monoisotopic (exact) mass is 437 g/mol. The van der Waals surface area contributed by atoms with E-state index in [0.29, 0.717) is 6.42 Å². The van der Waals surface area contributed by atoms with Gasteiger partial charge in [0.2, 0.25) is 0 Å². The number of hydrogen-bond donors (Lipinski definition) is 2. The average molecular weight is 438 g/mol. The number of pyridine rings is 2. The smallest absolute Gasteiger partial charge is 0.111 e. The van der Waals surface area contributed by atoms with Crippen LogP contribution in [0.4, 0.5) is 0 Å². The first-order valence-corrected chi connectivity index (χ1v) is 10.9. The molecule has 0 radical (unpaired) electrons. The lowest BCUT2D eigenvalue weighted by atomic mass is 10.0. The molecular weight excluding hydrogens is 406 g/mol. The summed E-state index contributed by atoms with van der Waals surface area (Å²) in [6.07, 6.45) is 15.8. The van der Waals surface area contributed by atoms with Crippen LogP contribution in [-0.4, -0.2) is 27.0 Å². The maximum Gasteiger partial charge on any atom is 0.111 e. The highest BCUT2D eigenvalue weighted by Crippen LogP contribution is 2.25. The molecule has 0 bridgehead atoms. The molecule has 0 aliphatic rings. The van der Waals surface area contributed by atoms with E-state index in [4.69, 9.17) is 4.98 Å². The van der Waals surface area contributed by atoms with Crippen LogP contribution in [0.5, 0.6) is 0 Å². The van der Waals surface area contributed by atoms with Gasteiger partial charge in [-0.15, -0.1) is 0 Å². The molecule has 5 heteroatoms. The predicted molar refractivity (Wildman–Crippen MR) is 137 cm³/mol. The van der Waals surface area contributed by atoms with Gasteiger partial charge in [0.1, 0.15) is 5.82 Å². The second kappa shape index (κ2) is 11.0. The Morgan fingerprint density at radius 3 is 2.48 bits per heavy atom. The minimum absolute atomic E-state index is 0.601. The third kappa shape index (κ3) is 6.04. The van der Waals surface area contributed by atoms with Crippen molar-refractivity contribution in [1.29, 1.82) is 0 Å². The van der Waals surface area contributed by atoms with Gasteiger partial charge in [-0.1, -0.05) is 31.4 Å². The molecule has 0 saturated heterocycles. The maximum atomic E-state index is 4.88. The fourth-order valence-electron chi connectivity index (χ4n) is 3.58. The quantitative estimate of drug-likeness (QED) is 0.419. The highest BCUT2D eigenvalue weighted by Gasteiger charge is 2.14. The van der Waals surface area contributed by atoms with E-state index in [1.165, 1.54) is 0 Å². The van der Waals surface area contributed by atoms with Crippen LogP contribution in [0, 0.1) is 13.8 Å². The zero-order chi connectivity index (χ0) is 23.8. The minimum atomic E-state index is 0.601. The zero-order valence-corrected chi connectivity index (χ0v) is 19.8. The van der Waals surface area contributed by atoms with Crippen LogP contribution < -0.4 is 5.32 Å². The molecule has 2 N–H and O–H groups in total. The molecule has 168 valence electrons.